The zero-order valence-electron chi connectivity index (χ0n) is 15.3. The third-order valence-corrected chi connectivity index (χ3v) is 3.76. The Balaban J connectivity index is 2.11. The molecule has 0 bridgehead atoms. The summed E-state index contributed by atoms with van der Waals surface area (Å²) in [6, 6.07) is 18.1. The van der Waals surface area contributed by atoms with Gasteiger partial charge in [-0.15, -0.1) is 0 Å². The Morgan fingerprint density at radius 3 is 2.33 bits per heavy atom. The Morgan fingerprint density at radius 2 is 1.78 bits per heavy atom. The molecule has 138 valence electrons. The maximum absolute atomic E-state index is 12.8. The number of esters is 1. The van der Waals surface area contributed by atoms with Crippen molar-refractivity contribution in [3.05, 3.63) is 71.9 Å². The number of benzene rings is 2. The minimum Gasteiger partial charge on any atom is -0.462 e. The van der Waals surface area contributed by atoms with E-state index in [2.05, 4.69) is 5.32 Å². The van der Waals surface area contributed by atoms with Crippen molar-refractivity contribution >= 4 is 23.3 Å². The lowest BCUT2D eigenvalue weighted by Gasteiger charge is -2.21. The van der Waals surface area contributed by atoms with Gasteiger partial charge in [-0.05, 0) is 50.2 Å². The number of nitriles is 1. The average molecular weight is 363 g/mol. The van der Waals surface area contributed by atoms with Crippen LogP contribution in [0.2, 0.25) is 0 Å². The van der Waals surface area contributed by atoms with Gasteiger partial charge in [-0.25, -0.2) is 4.79 Å². The first-order chi connectivity index (χ1) is 13.1. The van der Waals surface area contributed by atoms with Gasteiger partial charge >= 0.3 is 5.97 Å². The molecule has 2 rings (SSSR count). The zero-order valence-corrected chi connectivity index (χ0v) is 15.3. The summed E-state index contributed by atoms with van der Waals surface area (Å²) in [5.41, 5.74) is 1.90. The van der Waals surface area contributed by atoms with Crippen LogP contribution < -0.4 is 10.2 Å². The van der Waals surface area contributed by atoms with Gasteiger partial charge in [0, 0.05) is 29.7 Å². The van der Waals surface area contributed by atoms with E-state index in [9.17, 15) is 9.59 Å². The fraction of sp³-hybridized carbons (Fsp3) is 0.190. The second-order valence-electron chi connectivity index (χ2n) is 5.50. The van der Waals surface area contributed by atoms with Gasteiger partial charge in [0.1, 0.15) is 6.07 Å². The van der Waals surface area contributed by atoms with Gasteiger partial charge in [-0.3, -0.25) is 4.79 Å². The minimum atomic E-state index is -0.680. The Bertz CT molecular complexity index is 852. The Kier molecular flexibility index (Phi) is 7.15. The van der Waals surface area contributed by atoms with E-state index in [0.717, 1.165) is 5.69 Å². The molecular weight excluding hydrogens is 342 g/mol. The molecule has 0 fully saturated rings. The fourth-order valence-electron chi connectivity index (χ4n) is 2.42. The number of nitrogens with one attached hydrogen (secondary N) is 1. The van der Waals surface area contributed by atoms with E-state index in [1.807, 2.05) is 37.3 Å². The first kappa shape index (κ1) is 19.7. The SMILES string of the molecule is CCOC(=O)/C(C#N)=C\Nc1ccc(C(=O)N(CC)c2ccccc2)cc1. The van der Waals surface area contributed by atoms with Gasteiger partial charge in [0.2, 0.25) is 0 Å². The molecule has 0 aliphatic carbocycles. The minimum absolute atomic E-state index is 0.102. The number of para-hydroxylation sites is 1. The summed E-state index contributed by atoms with van der Waals surface area (Å²) >= 11 is 0. The Labute approximate surface area is 158 Å². The van der Waals surface area contributed by atoms with Crippen molar-refractivity contribution in [1.29, 1.82) is 5.26 Å². The second-order valence-corrected chi connectivity index (χ2v) is 5.50. The van der Waals surface area contributed by atoms with Crippen molar-refractivity contribution < 1.29 is 14.3 Å². The molecule has 0 aromatic heterocycles. The van der Waals surface area contributed by atoms with Crippen LogP contribution in [0.15, 0.2) is 66.4 Å². The highest BCUT2D eigenvalue weighted by molar-refractivity contribution is 6.06. The number of nitrogens with zero attached hydrogens (tertiary/aromatic N) is 2. The largest absolute Gasteiger partial charge is 0.462 e. The molecular formula is C21H21N3O3. The number of hydrogen-bond acceptors (Lipinski definition) is 5. The van der Waals surface area contributed by atoms with Gasteiger partial charge in [0.25, 0.3) is 5.91 Å². The second kappa shape index (κ2) is 9.78. The molecule has 0 spiro atoms. The number of anilines is 2. The summed E-state index contributed by atoms with van der Waals surface area (Å²) in [5, 5.41) is 11.9. The molecule has 2 aromatic carbocycles. The quantitative estimate of drug-likeness (QED) is 0.460. The van der Waals surface area contributed by atoms with Crippen LogP contribution in [-0.4, -0.2) is 25.0 Å². The van der Waals surface area contributed by atoms with Crippen LogP contribution in [0.25, 0.3) is 0 Å². The molecule has 1 N–H and O–H groups in total. The van der Waals surface area contributed by atoms with Gasteiger partial charge in [0.15, 0.2) is 5.57 Å². The molecule has 0 saturated carbocycles. The van der Waals surface area contributed by atoms with Crippen LogP contribution in [0.5, 0.6) is 0 Å². The van der Waals surface area contributed by atoms with Crippen molar-refractivity contribution in [2.45, 2.75) is 13.8 Å². The number of ether oxygens (including phenoxy) is 1. The summed E-state index contributed by atoms with van der Waals surface area (Å²) in [4.78, 5) is 26.0. The van der Waals surface area contributed by atoms with Gasteiger partial charge < -0.3 is 15.0 Å². The van der Waals surface area contributed by atoms with E-state index in [0.29, 0.717) is 17.8 Å². The van der Waals surface area contributed by atoms with E-state index in [1.54, 1.807) is 42.2 Å². The first-order valence-corrected chi connectivity index (χ1v) is 8.61. The molecule has 1 amide bonds. The number of hydrogen-bond donors (Lipinski definition) is 1. The highest BCUT2D eigenvalue weighted by atomic mass is 16.5. The topological polar surface area (TPSA) is 82.4 Å². The molecule has 0 atom stereocenters. The summed E-state index contributed by atoms with van der Waals surface area (Å²) in [5.74, 6) is -0.782. The van der Waals surface area contributed by atoms with Crippen LogP contribution in [0, 0.1) is 11.3 Å². The van der Waals surface area contributed by atoms with E-state index in [4.69, 9.17) is 10.00 Å². The van der Waals surface area contributed by atoms with Gasteiger partial charge in [-0.2, -0.15) is 5.26 Å². The van der Waals surface area contributed by atoms with E-state index in [1.165, 1.54) is 6.20 Å². The molecule has 0 saturated heterocycles. The Morgan fingerprint density at radius 1 is 1.11 bits per heavy atom. The monoisotopic (exact) mass is 363 g/mol. The number of carbonyl (C=O) groups is 2. The van der Waals surface area contributed by atoms with Crippen LogP contribution >= 0.6 is 0 Å². The molecule has 0 aliphatic heterocycles. The molecule has 0 heterocycles. The van der Waals surface area contributed by atoms with E-state index >= 15 is 0 Å². The summed E-state index contributed by atoms with van der Waals surface area (Å²) < 4.78 is 4.79. The normalized spacial score (nSPS) is 10.6. The lowest BCUT2D eigenvalue weighted by Crippen LogP contribution is -2.30. The number of rotatable bonds is 7. The van der Waals surface area contributed by atoms with Crippen LogP contribution in [-0.2, 0) is 9.53 Å². The molecule has 0 radical (unpaired) electrons. The molecule has 0 aliphatic rings. The lowest BCUT2D eigenvalue weighted by molar-refractivity contribution is -0.138. The van der Waals surface area contributed by atoms with Gasteiger partial charge in [0.05, 0.1) is 6.61 Å². The summed E-state index contributed by atoms with van der Waals surface area (Å²) in [6.45, 7) is 4.34. The van der Waals surface area contributed by atoms with Crippen molar-refractivity contribution in [2.75, 3.05) is 23.4 Å². The summed E-state index contributed by atoms with van der Waals surface area (Å²) in [6.07, 6.45) is 1.29. The zero-order chi connectivity index (χ0) is 19.6. The number of carbonyl (C=O) groups excluding carboxylic acids is 2. The molecule has 6 heteroatoms. The maximum atomic E-state index is 12.8. The van der Waals surface area contributed by atoms with Crippen molar-refractivity contribution in [3.63, 3.8) is 0 Å². The van der Waals surface area contributed by atoms with Crippen molar-refractivity contribution in [2.24, 2.45) is 0 Å². The smallest absolute Gasteiger partial charge is 0.350 e. The van der Waals surface area contributed by atoms with E-state index in [-0.39, 0.29) is 18.1 Å². The van der Waals surface area contributed by atoms with Crippen LogP contribution in [0.4, 0.5) is 11.4 Å². The number of amides is 1. The molecule has 27 heavy (non-hydrogen) atoms. The van der Waals surface area contributed by atoms with Crippen molar-refractivity contribution in [1.82, 2.24) is 0 Å². The van der Waals surface area contributed by atoms with Crippen molar-refractivity contribution in [3.8, 4) is 6.07 Å². The standard InChI is InChI=1S/C21H21N3O3/c1-3-24(19-8-6-5-7-9-19)20(25)16-10-12-18(13-11-16)23-15-17(14-22)21(26)27-4-2/h5-13,15,23H,3-4H2,1-2H3/b17-15-. The maximum Gasteiger partial charge on any atom is 0.350 e. The van der Waals surface area contributed by atoms with Crippen LogP contribution in [0.3, 0.4) is 0 Å². The van der Waals surface area contributed by atoms with Crippen LogP contribution in [0.1, 0.15) is 24.2 Å². The first-order valence-electron chi connectivity index (χ1n) is 8.61. The third kappa shape index (κ3) is 5.19. The average Bonchev–Trinajstić information content (AvgIpc) is 2.70. The predicted molar refractivity (Wildman–Crippen MR) is 104 cm³/mol. The Hall–Kier alpha value is -3.59. The lowest BCUT2D eigenvalue weighted by atomic mass is 10.1. The fourth-order valence-corrected chi connectivity index (χ4v) is 2.42. The molecule has 0 unspecified atom stereocenters. The predicted octanol–water partition coefficient (Wildman–Crippen LogP) is 3.74. The van der Waals surface area contributed by atoms with Gasteiger partial charge in [-0.1, -0.05) is 18.2 Å². The highest BCUT2D eigenvalue weighted by Gasteiger charge is 2.15. The molecule has 2 aromatic rings. The van der Waals surface area contributed by atoms with E-state index < -0.39 is 5.97 Å². The third-order valence-electron chi connectivity index (χ3n) is 3.76. The molecule has 6 nitrogen and oxygen atoms in total. The summed E-state index contributed by atoms with van der Waals surface area (Å²) in [7, 11) is 0. The highest BCUT2D eigenvalue weighted by Crippen LogP contribution is 2.18.